The molecule has 7 heteroatoms. The molecule has 2 saturated carbocycles. The van der Waals surface area contributed by atoms with Crippen molar-refractivity contribution in [3.05, 3.63) is 34.4 Å². The summed E-state index contributed by atoms with van der Waals surface area (Å²) in [5, 5.41) is 11.2. The van der Waals surface area contributed by atoms with Crippen LogP contribution < -0.4 is 4.72 Å². The number of nitrogens with zero attached hydrogens (tertiary/aromatic N) is 1. The van der Waals surface area contributed by atoms with Crippen molar-refractivity contribution in [1.29, 1.82) is 0 Å². The Kier molecular flexibility index (Phi) is 4.66. The molecule has 132 valence electrons. The Morgan fingerprint density at radius 1 is 1.21 bits per heavy atom. The zero-order chi connectivity index (χ0) is 17.5. The molecule has 1 aromatic rings. The summed E-state index contributed by atoms with van der Waals surface area (Å²) in [4.78, 5) is 10.3. The fourth-order valence-corrected chi connectivity index (χ4v) is 6.01. The SMILES string of the molecule is CC(C)C1C[C@@H]2CC[C@H](C2)[C@H]1NS(=O)(=O)c1ccccc1[N+](=O)[O-]. The Labute approximate surface area is 142 Å². The number of nitrogens with one attached hydrogen (secondary N) is 1. The van der Waals surface area contributed by atoms with Gasteiger partial charge in [0.2, 0.25) is 10.0 Å². The van der Waals surface area contributed by atoms with Gasteiger partial charge in [0, 0.05) is 12.1 Å². The number of fused-ring (bicyclic) bond motifs is 2. The second-order valence-corrected chi connectivity index (χ2v) is 9.14. The molecule has 24 heavy (non-hydrogen) atoms. The van der Waals surface area contributed by atoms with Gasteiger partial charge in [-0.15, -0.1) is 0 Å². The monoisotopic (exact) mass is 352 g/mol. The van der Waals surface area contributed by atoms with Gasteiger partial charge in [0.15, 0.2) is 4.90 Å². The Hall–Kier alpha value is -1.47. The molecule has 4 atom stereocenters. The van der Waals surface area contributed by atoms with E-state index in [4.69, 9.17) is 0 Å². The van der Waals surface area contributed by atoms with Gasteiger partial charge in [-0.3, -0.25) is 10.1 Å². The molecule has 0 aromatic heterocycles. The highest BCUT2D eigenvalue weighted by atomic mass is 32.2. The molecule has 3 rings (SSSR count). The van der Waals surface area contributed by atoms with Crippen LogP contribution >= 0.6 is 0 Å². The highest BCUT2D eigenvalue weighted by Crippen LogP contribution is 2.47. The van der Waals surface area contributed by atoms with E-state index >= 15 is 0 Å². The van der Waals surface area contributed by atoms with Crippen LogP contribution in [-0.2, 0) is 10.0 Å². The van der Waals surface area contributed by atoms with Crippen LogP contribution in [0.5, 0.6) is 0 Å². The quantitative estimate of drug-likeness (QED) is 0.650. The van der Waals surface area contributed by atoms with Crippen LogP contribution in [0.2, 0.25) is 0 Å². The Morgan fingerprint density at radius 2 is 1.92 bits per heavy atom. The summed E-state index contributed by atoms with van der Waals surface area (Å²) in [5.41, 5.74) is -0.369. The van der Waals surface area contributed by atoms with E-state index in [-0.39, 0.29) is 22.5 Å². The molecule has 2 aliphatic rings. The number of hydrogen-bond acceptors (Lipinski definition) is 4. The van der Waals surface area contributed by atoms with Crippen LogP contribution in [0.1, 0.15) is 39.5 Å². The maximum Gasteiger partial charge on any atom is 0.289 e. The van der Waals surface area contributed by atoms with Gasteiger partial charge in [-0.2, -0.15) is 0 Å². The van der Waals surface area contributed by atoms with Gasteiger partial charge in [0.1, 0.15) is 0 Å². The minimum absolute atomic E-state index is 0.131. The first-order valence-electron chi connectivity index (χ1n) is 8.55. The fourth-order valence-electron chi connectivity index (χ4n) is 4.48. The maximum atomic E-state index is 12.9. The molecule has 2 fully saturated rings. The number of para-hydroxylation sites is 1. The number of benzene rings is 1. The van der Waals surface area contributed by atoms with Crippen molar-refractivity contribution in [3.8, 4) is 0 Å². The first kappa shape index (κ1) is 17.4. The van der Waals surface area contributed by atoms with Crippen LogP contribution in [0.15, 0.2) is 29.2 Å². The summed E-state index contributed by atoms with van der Waals surface area (Å²) < 4.78 is 28.5. The molecule has 0 aliphatic heterocycles. The van der Waals surface area contributed by atoms with Crippen molar-refractivity contribution in [3.63, 3.8) is 0 Å². The Morgan fingerprint density at radius 3 is 2.58 bits per heavy atom. The number of rotatable bonds is 5. The topological polar surface area (TPSA) is 89.3 Å². The van der Waals surface area contributed by atoms with Crippen LogP contribution in [0.25, 0.3) is 0 Å². The number of nitro benzene ring substituents is 1. The van der Waals surface area contributed by atoms with Gasteiger partial charge in [-0.05, 0) is 49.0 Å². The maximum absolute atomic E-state index is 12.9. The molecule has 0 saturated heterocycles. The first-order valence-corrected chi connectivity index (χ1v) is 10.0. The smallest absolute Gasteiger partial charge is 0.258 e. The Balaban J connectivity index is 1.92. The molecule has 2 bridgehead atoms. The minimum Gasteiger partial charge on any atom is -0.258 e. The number of hydrogen-bond donors (Lipinski definition) is 1. The average Bonchev–Trinajstić information content (AvgIpc) is 2.92. The normalized spacial score (nSPS) is 29.8. The lowest BCUT2D eigenvalue weighted by molar-refractivity contribution is -0.387. The number of nitro groups is 1. The van der Waals surface area contributed by atoms with Crippen molar-refractivity contribution in [2.24, 2.45) is 23.7 Å². The average molecular weight is 352 g/mol. The Bertz CT molecular complexity index is 732. The van der Waals surface area contributed by atoms with Gasteiger partial charge in [-0.1, -0.05) is 32.4 Å². The van der Waals surface area contributed by atoms with Crippen molar-refractivity contribution in [2.75, 3.05) is 0 Å². The summed E-state index contributed by atoms with van der Waals surface area (Å²) in [5.74, 6) is 1.71. The van der Waals surface area contributed by atoms with Gasteiger partial charge in [0.05, 0.1) is 4.92 Å². The lowest BCUT2D eigenvalue weighted by atomic mass is 9.72. The van der Waals surface area contributed by atoms with Gasteiger partial charge in [-0.25, -0.2) is 13.1 Å². The van der Waals surface area contributed by atoms with Crippen molar-refractivity contribution in [2.45, 2.75) is 50.5 Å². The van der Waals surface area contributed by atoms with E-state index in [1.165, 1.54) is 24.3 Å². The zero-order valence-electron chi connectivity index (χ0n) is 14.0. The van der Waals surface area contributed by atoms with Crippen molar-refractivity contribution < 1.29 is 13.3 Å². The van der Waals surface area contributed by atoms with Crippen molar-refractivity contribution in [1.82, 2.24) is 4.72 Å². The van der Waals surface area contributed by atoms with Crippen LogP contribution in [0.3, 0.4) is 0 Å². The molecule has 0 amide bonds. The molecule has 0 heterocycles. The van der Waals surface area contributed by atoms with E-state index in [2.05, 4.69) is 18.6 Å². The van der Waals surface area contributed by atoms with E-state index in [1.54, 1.807) is 0 Å². The van der Waals surface area contributed by atoms with Crippen LogP contribution in [0.4, 0.5) is 5.69 Å². The standard InChI is InChI=1S/C17H24N2O4S/c1-11(2)14-10-12-7-8-13(9-12)17(14)18-24(22,23)16-6-4-3-5-15(16)19(20)21/h3-6,11-14,17-18H,7-10H2,1-2H3/t12-,13-,14?,17-/m1/s1. The minimum atomic E-state index is -3.92. The van der Waals surface area contributed by atoms with E-state index in [0.29, 0.717) is 17.8 Å². The molecule has 6 nitrogen and oxygen atoms in total. The van der Waals surface area contributed by atoms with Gasteiger partial charge in [0.25, 0.3) is 5.69 Å². The van der Waals surface area contributed by atoms with E-state index in [0.717, 1.165) is 25.7 Å². The fraction of sp³-hybridized carbons (Fsp3) is 0.647. The lowest BCUT2D eigenvalue weighted by Crippen LogP contribution is -2.48. The molecular weight excluding hydrogens is 328 g/mol. The highest BCUT2D eigenvalue weighted by molar-refractivity contribution is 7.89. The van der Waals surface area contributed by atoms with E-state index < -0.39 is 14.9 Å². The summed E-state index contributed by atoms with van der Waals surface area (Å²) in [7, 11) is -3.92. The summed E-state index contributed by atoms with van der Waals surface area (Å²) in [6, 6.07) is 5.42. The second kappa shape index (κ2) is 6.44. The van der Waals surface area contributed by atoms with Gasteiger partial charge < -0.3 is 0 Å². The van der Waals surface area contributed by atoms with Gasteiger partial charge >= 0.3 is 0 Å². The largest absolute Gasteiger partial charge is 0.289 e. The molecular formula is C17H24N2O4S. The third-order valence-electron chi connectivity index (χ3n) is 5.66. The molecule has 0 spiro atoms. The third-order valence-corrected chi connectivity index (χ3v) is 7.16. The third kappa shape index (κ3) is 3.19. The molecule has 1 unspecified atom stereocenters. The first-order chi connectivity index (χ1) is 11.3. The molecule has 2 aliphatic carbocycles. The van der Waals surface area contributed by atoms with E-state index in [1.807, 2.05) is 0 Å². The van der Waals surface area contributed by atoms with E-state index in [9.17, 15) is 18.5 Å². The molecule has 1 N–H and O–H groups in total. The zero-order valence-corrected chi connectivity index (χ0v) is 14.8. The summed E-state index contributed by atoms with van der Waals surface area (Å²) in [6.45, 7) is 4.25. The lowest BCUT2D eigenvalue weighted by Gasteiger charge is -2.39. The summed E-state index contributed by atoms with van der Waals surface area (Å²) >= 11 is 0. The second-order valence-electron chi connectivity index (χ2n) is 7.45. The number of sulfonamides is 1. The predicted octanol–water partition coefficient (Wildman–Crippen LogP) is 3.33. The van der Waals surface area contributed by atoms with Crippen molar-refractivity contribution >= 4 is 15.7 Å². The summed E-state index contributed by atoms with van der Waals surface area (Å²) in [6.07, 6.45) is 4.31. The molecule has 1 aromatic carbocycles. The predicted molar refractivity (Wildman–Crippen MR) is 91.0 cm³/mol. The van der Waals surface area contributed by atoms with Crippen LogP contribution in [-0.4, -0.2) is 19.4 Å². The van der Waals surface area contributed by atoms with Crippen LogP contribution in [0, 0.1) is 33.8 Å². The highest BCUT2D eigenvalue weighted by Gasteiger charge is 2.45. The molecule has 0 radical (unpaired) electrons.